The van der Waals surface area contributed by atoms with E-state index in [1.165, 1.54) is 18.5 Å². The summed E-state index contributed by atoms with van der Waals surface area (Å²) in [4.78, 5) is 17.5. The molecule has 0 aromatic carbocycles. The fourth-order valence-electron chi connectivity index (χ4n) is 1.24. The lowest BCUT2D eigenvalue weighted by Crippen LogP contribution is -2.21. The highest BCUT2D eigenvalue weighted by Gasteiger charge is 2.17. The molecule has 0 aliphatic rings. The highest BCUT2D eigenvalue weighted by Crippen LogP contribution is 2.13. The molecule has 0 unspecified atom stereocenters. The molecule has 0 bridgehead atoms. The minimum Gasteiger partial charge on any atom is -0.366 e. The molecular formula is C10H8BrN3O3S. The van der Waals surface area contributed by atoms with Crippen LogP contribution in [-0.4, -0.2) is 18.4 Å². The van der Waals surface area contributed by atoms with Crippen molar-refractivity contribution in [1.29, 1.82) is 0 Å². The summed E-state index contributed by atoms with van der Waals surface area (Å²) in [5, 5.41) is 0. The van der Waals surface area contributed by atoms with E-state index < -0.39 is 15.5 Å². The zero-order valence-electron chi connectivity index (χ0n) is 8.92. The largest absolute Gasteiger partial charge is 0.366 e. The maximum atomic E-state index is 11.9. The fraction of sp³-hybridized carbons (Fsp3) is 0. The molecule has 0 spiro atoms. The van der Waals surface area contributed by atoms with Crippen molar-refractivity contribution in [3.05, 3.63) is 51.5 Å². The lowest BCUT2D eigenvalue weighted by molar-refractivity contribution is 0.600. The van der Waals surface area contributed by atoms with Crippen molar-refractivity contribution < 1.29 is 8.42 Å². The van der Waals surface area contributed by atoms with E-state index in [4.69, 9.17) is 0 Å². The second kappa shape index (κ2) is 4.91. The summed E-state index contributed by atoms with van der Waals surface area (Å²) in [6, 6.07) is 4.27. The van der Waals surface area contributed by atoms with Gasteiger partial charge < -0.3 is 4.98 Å². The van der Waals surface area contributed by atoms with E-state index in [2.05, 4.69) is 30.6 Å². The molecule has 2 N–H and O–H groups in total. The van der Waals surface area contributed by atoms with Crippen LogP contribution in [0.2, 0.25) is 0 Å². The van der Waals surface area contributed by atoms with Gasteiger partial charge in [-0.3, -0.25) is 9.52 Å². The molecule has 0 amide bonds. The molecule has 0 radical (unpaired) electrons. The van der Waals surface area contributed by atoms with Crippen molar-refractivity contribution in [3.63, 3.8) is 0 Å². The van der Waals surface area contributed by atoms with Crippen LogP contribution in [0, 0.1) is 0 Å². The van der Waals surface area contributed by atoms with Crippen LogP contribution < -0.4 is 10.2 Å². The summed E-state index contributed by atoms with van der Waals surface area (Å²) < 4.78 is 26.8. The predicted molar refractivity (Wildman–Crippen MR) is 69.8 cm³/mol. The molecule has 2 heterocycles. The van der Waals surface area contributed by atoms with Gasteiger partial charge in [0.25, 0.3) is 10.0 Å². The molecule has 18 heavy (non-hydrogen) atoms. The number of nitrogens with zero attached hydrogens (tertiary/aromatic N) is 1. The molecule has 2 aromatic heterocycles. The Hall–Kier alpha value is -1.67. The van der Waals surface area contributed by atoms with Gasteiger partial charge in [0.2, 0.25) is 5.43 Å². The number of halogens is 1. The number of anilines is 1. The molecular weight excluding hydrogens is 322 g/mol. The zero-order valence-corrected chi connectivity index (χ0v) is 11.3. The summed E-state index contributed by atoms with van der Waals surface area (Å²) in [6.45, 7) is 0. The molecule has 0 saturated carbocycles. The van der Waals surface area contributed by atoms with Crippen LogP contribution >= 0.6 is 15.9 Å². The van der Waals surface area contributed by atoms with Crippen LogP contribution in [-0.2, 0) is 10.0 Å². The van der Waals surface area contributed by atoms with Gasteiger partial charge in [0.05, 0.1) is 0 Å². The van der Waals surface area contributed by atoms with Crippen LogP contribution in [0.25, 0.3) is 0 Å². The van der Waals surface area contributed by atoms with E-state index in [0.29, 0.717) is 0 Å². The normalized spacial score (nSPS) is 11.2. The van der Waals surface area contributed by atoms with Gasteiger partial charge in [0.1, 0.15) is 5.82 Å². The first-order chi connectivity index (χ1) is 8.49. The quantitative estimate of drug-likeness (QED) is 0.888. The van der Waals surface area contributed by atoms with E-state index in [1.807, 2.05) is 0 Å². The Morgan fingerprint density at radius 2 is 2.06 bits per heavy atom. The van der Waals surface area contributed by atoms with Gasteiger partial charge in [-0.15, -0.1) is 0 Å². The van der Waals surface area contributed by atoms with Gasteiger partial charge in [0.15, 0.2) is 4.90 Å². The lowest BCUT2D eigenvalue weighted by Gasteiger charge is -2.06. The van der Waals surface area contributed by atoms with Crippen molar-refractivity contribution >= 4 is 31.8 Å². The van der Waals surface area contributed by atoms with Crippen LogP contribution in [0.4, 0.5) is 5.82 Å². The predicted octanol–water partition coefficient (Wildman–Crippen LogP) is 1.33. The number of aromatic nitrogens is 2. The standard InChI is InChI=1S/C10H8BrN3O3S/c11-7-1-2-10(13-5-7)14-18(16,17)9-6-12-4-3-8(9)15/h1-6H,(H,12,15)(H,13,14). The van der Waals surface area contributed by atoms with Crippen molar-refractivity contribution in [2.45, 2.75) is 4.90 Å². The van der Waals surface area contributed by atoms with Gasteiger partial charge in [-0.2, -0.15) is 0 Å². The van der Waals surface area contributed by atoms with Crippen LogP contribution in [0.3, 0.4) is 0 Å². The Balaban J connectivity index is 2.36. The van der Waals surface area contributed by atoms with Gasteiger partial charge in [-0.25, -0.2) is 13.4 Å². The highest BCUT2D eigenvalue weighted by molar-refractivity contribution is 9.10. The monoisotopic (exact) mass is 329 g/mol. The Morgan fingerprint density at radius 1 is 1.28 bits per heavy atom. The van der Waals surface area contributed by atoms with E-state index in [1.54, 1.807) is 6.07 Å². The highest BCUT2D eigenvalue weighted by atomic mass is 79.9. The second-order valence-corrected chi connectivity index (χ2v) is 5.91. The summed E-state index contributed by atoms with van der Waals surface area (Å²) in [5.74, 6) is 0.140. The van der Waals surface area contributed by atoms with Crippen LogP contribution in [0.5, 0.6) is 0 Å². The van der Waals surface area contributed by atoms with E-state index in [0.717, 1.165) is 16.7 Å². The summed E-state index contributed by atoms with van der Waals surface area (Å²) in [6.07, 6.45) is 3.94. The van der Waals surface area contributed by atoms with E-state index in [9.17, 15) is 13.2 Å². The van der Waals surface area contributed by atoms with Crippen molar-refractivity contribution in [2.75, 3.05) is 4.72 Å². The number of pyridine rings is 2. The first kappa shape index (κ1) is 12.8. The molecule has 0 aliphatic carbocycles. The van der Waals surface area contributed by atoms with Crippen molar-refractivity contribution in [1.82, 2.24) is 9.97 Å². The molecule has 0 aliphatic heterocycles. The average Bonchev–Trinajstić information content (AvgIpc) is 2.32. The van der Waals surface area contributed by atoms with E-state index >= 15 is 0 Å². The van der Waals surface area contributed by atoms with Crippen molar-refractivity contribution in [2.24, 2.45) is 0 Å². The molecule has 8 heteroatoms. The Morgan fingerprint density at radius 3 is 2.67 bits per heavy atom. The smallest absolute Gasteiger partial charge is 0.268 e. The van der Waals surface area contributed by atoms with Crippen LogP contribution in [0.1, 0.15) is 0 Å². The van der Waals surface area contributed by atoms with Gasteiger partial charge >= 0.3 is 0 Å². The third-order valence-electron chi connectivity index (χ3n) is 2.04. The zero-order chi connectivity index (χ0) is 13.2. The van der Waals surface area contributed by atoms with Crippen LogP contribution in [0.15, 0.2) is 51.0 Å². The molecule has 94 valence electrons. The average molecular weight is 330 g/mol. The van der Waals surface area contributed by atoms with Gasteiger partial charge in [-0.1, -0.05) is 0 Å². The first-order valence-electron chi connectivity index (χ1n) is 4.80. The molecule has 0 fully saturated rings. The first-order valence-corrected chi connectivity index (χ1v) is 7.08. The molecule has 6 nitrogen and oxygen atoms in total. The maximum absolute atomic E-state index is 11.9. The number of sulfonamides is 1. The third-order valence-corrected chi connectivity index (χ3v) is 3.89. The number of rotatable bonds is 3. The maximum Gasteiger partial charge on any atom is 0.268 e. The molecule has 0 atom stereocenters. The molecule has 2 aromatic rings. The minimum absolute atomic E-state index is 0.140. The van der Waals surface area contributed by atoms with Crippen molar-refractivity contribution in [3.8, 4) is 0 Å². The Bertz CT molecular complexity index is 710. The fourth-order valence-corrected chi connectivity index (χ4v) is 2.54. The van der Waals surface area contributed by atoms with E-state index in [-0.39, 0.29) is 10.7 Å². The molecule has 0 saturated heterocycles. The topological polar surface area (TPSA) is 91.9 Å². The summed E-state index contributed by atoms with van der Waals surface area (Å²) >= 11 is 3.19. The Labute approximate surface area is 111 Å². The SMILES string of the molecule is O=c1cc[nH]cc1S(=O)(=O)Nc1ccc(Br)cn1. The Kier molecular flexibility index (Phi) is 3.48. The summed E-state index contributed by atoms with van der Waals surface area (Å²) in [7, 11) is -3.93. The second-order valence-electron chi connectivity index (χ2n) is 3.34. The number of hydrogen-bond acceptors (Lipinski definition) is 4. The molecule has 2 rings (SSSR count). The van der Waals surface area contributed by atoms with Gasteiger partial charge in [-0.05, 0) is 28.1 Å². The van der Waals surface area contributed by atoms with Gasteiger partial charge in [0, 0.05) is 29.1 Å². The third kappa shape index (κ3) is 2.77. The lowest BCUT2D eigenvalue weighted by atomic mass is 10.5. The summed E-state index contributed by atoms with van der Waals surface area (Å²) in [5.41, 5.74) is -0.585. The number of H-pyrrole nitrogens is 1. The number of aromatic amines is 1. The number of nitrogens with one attached hydrogen (secondary N) is 2. The minimum atomic E-state index is -3.93. The number of hydrogen-bond donors (Lipinski definition) is 2.